The first kappa shape index (κ1) is 18.5. The summed E-state index contributed by atoms with van der Waals surface area (Å²) >= 11 is 1.33. The molecule has 4 rings (SSSR count). The molecule has 27 heavy (non-hydrogen) atoms. The van der Waals surface area contributed by atoms with Crippen molar-refractivity contribution >= 4 is 28.6 Å². The van der Waals surface area contributed by atoms with E-state index in [1.807, 2.05) is 18.2 Å². The lowest BCUT2D eigenvalue weighted by molar-refractivity contribution is -0.132. The van der Waals surface area contributed by atoms with Crippen LogP contribution in [0.1, 0.15) is 12.8 Å². The third-order valence-electron chi connectivity index (χ3n) is 4.93. The van der Waals surface area contributed by atoms with Crippen LogP contribution in [0.3, 0.4) is 0 Å². The van der Waals surface area contributed by atoms with Crippen molar-refractivity contribution in [3.05, 3.63) is 34.6 Å². The summed E-state index contributed by atoms with van der Waals surface area (Å²) in [6.07, 6.45) is 1.98. The third-order valence-corrected chi connectivity index (χ3v) is 5.89. The van der Waals surface area contributed by atoms with Crippen LogP contribution in [0.5, 0.6) is 0 Å². The summed E-state index contributed by atoms with van der Waals surface area (Å²) in [5, 5.41) is 1.18. The summed E-state index contributed by atoms with van der Waals surface area (Å²) in [6.45, 7) is 3.60. The molecule has 144 valence electrons. The highest BCUT2D eigenvalue weighted by Crippen LogP contribution is 2.21. The zero-order chi connectivity index (χ0) is 18.6. The Balaban J connectivity index is 1.59. The highest BCUT2D eigenvalue weighted by molar-refractivity contribution is 7.99. The number of thioether (sulfide) groups is 1. The van der Waals surface area contributed by atoms with E-state index in [1.165, 1.54) is 11.8 Å². The maximum absolute atomic E-state index is 13.0. The quantitative estimate of drug-likeness (QED) is 0.570. The molecule has 2 saturated heterocycles. The van der Waals surface area contributed by atoms with Gasteiger partial charge in [0.15, 0.2) is 5.16 Å². The monoisotopic (exact) mass is 389 g/mol. The SMILES string of the molecule is O=C(CSc1nc2ccccc2c(=O)n1C[C@H]1CCCO1)N1CCOCC1. The van der Waals surface area contributed by atoms with Gasteiger partial charge in [0, 0.05) is 19.7 Å². The molecule has 1 atom stereocenters. The lowest BCUT2D eigenvalue weighted by Gasteiger charge is -2.26. The first-order valence-electron chi connectivity index (χ1n) is 9.32. The topological polar surface area (TPSA) is 73.7 Å². The van der Waals surface area contributed by atoms with Gasteiger partial charge in [-0.1, -0.05) is 23.9 Å². The molecule has 2 aliphatic rings. The van der Waals surface area contributed by atoms with Crippen molar-refractivity contribution in [1.29, 1.82) is 0 Å². The van der Waals surface area contributed by atoms with Gasteiger partial charge in [-0.2, -0.15) is 0 Å². The standard InChI is InChI=1S/C19H23N3O4S/c23-17(21-7-10-25-11-8-21)13-27-19-20-16-6-2-1-5-15(16)18(24)22(19)12-14-4-3-9-26-14/h1-2,5-6,14H,3-4,7-13H2/t14-/m1/s1. The molecule has 0 unspecified atom stereocenters. The van der Waals surface area contributed by atoms with Crippen molar-refractivity contribution in [3.63, 3.8) is 0 Å². The molecule has 0 spiro atoms. The molecule has 2 fully saturated rings. The van der Waals surface area contributed by atoms with Gasteiger partial charge in [0.2, 0.25) is 5.91 Å². The minimum Gasteiger partial charge on any atom is -0.378 e. The second kappa shape index (κ2) is 8.41. The fourth-order valence-electron chi connectivity index (χ4n) is 3.44. The number of morpholine rings is 1. The minimum absolute atomic E-state index is 0.0277. The van der Waals surface area contributed by atoms with E-state index in [2.05, 4.69) is 4.98 Å². The van der Waals surface area contributed by atoms with Crippen molar-refractivity contribution in [2.45, 2.75) is 30.6 Å². The van der Waals surface area contributed by atoms with Crippen LogP contribution in [-0.2, 0) is 20.8 Å². The van der Waals surface area contributed by atoms with Crippen molar-refractivity contribution < 1.29 is 14.3 Å². The number of para-hydroxylation sites is 1. The Morgan fingerprint density at radius 1 is 1.22 bits per heavy atom. The Labute approximate surface area is 161 Å². The summed E-state index contributed by atoms with van der Waals surface area (Å²) in [6, 6.07) is 7.34. The molecule has 2 aliphatic heterocycles. The molecule has 1 amide bonds. The van der Waals surface area contributed by atoms with Crippen LogP contribution in [0, 0.1) is 0 Å². The predicted molar refractivity (Wildman–Crippen MR) is 103 cm³/mol. The molecule has 2 aromatic rings. The smallest absolute Gasteiger partial charge is 0.262 e. The third kappa shape index (κ3) is 4.17. The van der Waals surface area contributed by atoms with Gasteiger partial charge in [-0.3, -0.25) is 14.2 Å². The van der Waals surface area contributed by atoms with E-state index in [1.54, 1.807) is 15.5 Å². The van der Waals surface area contributed by atoms with Crippen molar-refractivity contribution in [2.75, 3.05) is 38.7 Å². The summed E-state index contributed by atoms with van der Waals surface area (Å²) in [4.78, 5) is 32.0. The van der Waals surface area contributed by atoms with Crippen LogP contribution < -0.4 is 5.56 Å². The number of rotatable bonds is 5. The number of carbonyl (C=O) groups is 1. The van der Waals surface area contributed by atoms with Gasteiger partial charge in [0.1, 0.15) is 0 Å². The van der Waals surface area contributed by atoms with Crippen LogP contribution in [-0.4, -0.2) is 65.1 Å². The summed E-state index contributed by atoms with van der Waals surface area (Å²) in [7, 11) is 0. The maximum atomic E-state index is 13.0. The Morgan fingerprint density at radius 2 is 2.04 bits per heavy atom. The Morgan fingerprint density at radius 3 is 2.81 bits per heavy atom. The van der Waals surface area contributed by atoms with Gasteiger partial charge >= 0.3 is 0 Å². The van der Waals surface area contributed by atoms with E-state index in [9.17, 15) is 9.59 Å². The molecule has 0 radical (unpaired) electrons. The summed E-state index contributed by atoms with van der Waals surface area (Å²) < 4.78 is 12.7. The molecule has 0 aliphatic carbocycles. The molecule has 8 heteroatoms. The number of ether oxygens (including phenoxy) is 2. The van der Waals surface area contributed by atoms with Crippen molar-refractivity contribution in [3.8, 4) is 0 Å². The van der Waals surface area contributed by atoms with Crippen LogP contribution >= 0.6 is 11.8 Å². The van der Waals surface area contributed by atoms with Crippen molar-refractivity contribution in [2.24, 2.45) is 0 Å². The maximum Gasteiger partial charge on any atom is 0.262 e. The molecular weight excluding hydrogens is 366 g/mol. The van der Waals surface area contributed by atoms with E-state index in [0.717, 1.165) is 19.4 Å². The molecule has 0 N–H and O–H groups in total. The van der Waals surface area contributed by atoms with E-state index >= 15 is 0 Å². The van der Waals surface area contributed by atoms with Crippen LogP contribution in [0.2, 0.25) is 0 Å². The van der Waals surface area contributed by atoms with Gasteiger partial charge < -0.3 is 14.4 Å². The number of nitrogens with zero attached hydrogens (tertiary/aromatic N) is 3. The minimum atomic E-state index is -0.0718. The molecule has 7 nitrogen and oxygen atoms in total. The van der Waals surface area contributed by atoms with Gasteiger partial charge in [-0.25, -0.2) is 4.98 Å². The first-order valence-corrected chi connectivity index (χ1v) is 10.3. The number of aromatic nitrogens is 2. The highest BCUT2D eigenvalue weighted by Gasteiger charge is 2.22. The predicted octanol–water partition coefficient (Wildman–Crippen LogP) is 1.53. The average molecular weight is 389 g/mol. The zero-order valence-corrected chi connectivity index (χ0v) is 16.0. The Bertz CT molecular complexity index is 873. The molecular formula is C19H23N3O4S. The van der Waals surface area contributed by atoms with Crippen molar-refractivity contribution in [1.82, 2.24) is 14.5 Å². The molecule has 3 heterocycles. The molecule has 0 saturated carbocycles. The number of benzene rings is 1. The van der Waals surface area contributed by atoms with E-state index < -0.39 is 0 Å². The molecule has 1 aromatic heterocycles. The Kier molecular flexibility index (Phi) is 5.75. The van der Waals surface area contributed by atoms with Gasteiger partial charge in [-0.05, 0) is 25.0 Å². The van der Waals surface area contributed by atoms with E-state index in [-0.39, 0.29) is 23.3 Å². The summed E-state index contributed by atoms with van der Waals surface area (Å²) in [5.41, 5.74) is 0.588. The summed E-state index contributed by atoms with van der Waals surface area (Å²) in [5.74, 6) is 0.311. The largest absolute Gasteiger partial charge is 0.378 e. The first-order chi connectivity index (χ1) is 13.2. The zero-order valence-electron chi connectivity index (χ0n) is 15.1. The lowest BCUT2D eigenvalue weighted by atomic mass is 10.2. The Hall–Kier alpha value is -1.90. The second-order valence-corrected chi connectivity index (χ2v) is 7.69. The van der Waals surface area contributed by atoms with Crippen LogP contribution in [0.25, 0.3) is 10.9 Å². The lowest BCUT2D eigenvalue weighted by Crippen LogP contribution is -2.41. The number of hydrogen-bond donors (Lipinski definition) is 0. The van der Waals surface area contributed by atoms with Crippen LogP contribution in [0.4, 0.5) is 0 Å². The van der Waals surface area contributed by atoms with Gasteiger partial charge in [0.25, 0.3) is 5.56 Å². The average Bonchev–Trinajstić information content (AvgIpc) is 3.22. The number of carbonyl (C=O) groups excluding carboxylic acids is 1. The van der Waals surface area contributed by atoms with E-state index in [0.29, 0.717) is 48.9 Å². The number of fused-ring (bicyclic) bond motifs is 1. The second-order valence-electron chi connectivity index (χ2n) is 6.74. The fraction of sp³-hybridized carbons (Fsp3) is 0.526. The van der Waals surface area contributed by atoms with Gasteiger partial charge in [-0.15, -0.1) is 0 Å². The normalized spacial score (nSPS) is 20.3. The molecule has 1 aromatic carbocycles. The van der Waals surface area contributed by atoms with Gasteiger partial charge in [0.05, 0.1) is 42.5 Å². The van der Waals surface area contributed by atoms with Crippen LogP contribution in [0.15, 0.2) is 34.2 Å². The number of hydrogen-bond acceptors (Lipinski definition) is 6. The highest BCUT2D eigenvalue weighted by atomic mass is 32.2. The molecule has 0 bridgehead atoms. The fourth-order valence-corrected chi connectivity index (χ4v) is 4.35. The number of amides is 1. The van der Waals surface area contributed by atoms with E-state index in [4.69, 9.17) is 9.47 Å².